The molecule has 0 unspecified atom stereocenters. The maximum absolute atomic E-state index is 12.2. The number of anilines is 1. The number of nitro groups is 1. The first-order chi connectivity index (χ1) is 16.1. The molecule has 8 nitrogen and oxygen atoms in total. The maximum Gasteiger partial charge on any atom is 0.271 e. The van der Waals surface area contributed by atoms with E-state index in [0.29, 0.717) is 36.1 Å². The standard InChI is InChI=1S/C25H29ClN4O4.ClH/c1-25(2,3)29-24(31)16-34-23-11-8-17-6-4-5-7-19(17)20(23)15-27-12-13-28-22-10-9-18(30(32)33)14-21(22)26;/h4-11,14,27-28H,12-13,15-16H2,1-3H3,(H,29,31);1H. The predicted molar refractivity (Wildman–Crippen MR) is 143 cm³/mol. The molecule has 0 saturated carbocycles. The van der Waals surface area contributed by atoms with Gasteiger partial charge in [-0.15, -0.1) is 12.4 Å². The van der Waals surface area contributed by atoms with Crippen molar-refractivity contribution in [2.24, 2.45) is 0 Å². The molecule has 0 aliphatic carbocycles. The van der Waals surface area contributed by atoms with E-state index in [9.17, 15) is 14.9 Å². The van der Waals surface area contributed by atoms with E-state index in [0.717, 1.165) is 16.3 Å². The fourth-order valence-electron chi connectivity index (χ4n) is 3.49. The molecule has 3 N–H and O–H groups in total. The van der Waals surface area contributed by atoms with Gasteiger partial charge < -0.3 is 20.7 Å². The van der Waals surface area contributed by atoms with Crippen molar-refractivity contribution in [3.05, 3.63) is 75.3 Å². The number of amides is 1. The largest absolute Gasteiger partial charge is 0.483 e. The molecular weight excluding hydrogens is 491 g/mol. The highest BCUT2D eigenvalue weighted by atomic mass is 35.5. The van der Waals surface area contributed by atoms with Gasteiger partial charge in [-0.05, 0) is 43.7 Å². The third-order valence-electron chi connectivity index (χ3n) is 4.95. The number of halogens is 2. The van der Waals surface area contributed by atoms with E-state index in [1.165, 1.54) is 12.1 Å². The van der Waals surface area contributed by atoms with Crippen LogP contribution in [0.5, 0.6) is 5.75 Å². The summed E-state index contributed by atoms with van der Waals surface area (Å²) in [6.07, 6.45) is 0. The lowest BCUT2D eigenvalue weighted by molar-refractivity contribution is -0.384. The zero-order chi connectivity index (χ0) is 24.7. The number of fused-ring (bicyclic) bond motifs is 1. The summed E-state index contributed by atoms with van der Waals surface area (Å²) in [6.45, 7) is 7.42. The van der Waals surface area contributed by atoms with E-state index in [4.69, 9.17) is 16.3 Å². The number of hydrogen-bond donors (Lipinski definition) is 3. The number of nitrogens with one attached hydrogen (secondary N) is 3. The van der Waals surface area contributed by atoms with Crippen LogP contribution in [0.25, 0.3) is 10.8 Å². The molecular formula is C25H30Cl2N4O4. The maximum atomic E-state index is 12.2. The van der Waals surface area contributed by atoms with Gasteiger partial charge in [-0.3, -0.25) is 14.9 Å². The van der Waals surface area contributed by atoms with Gasteiger partial charge >= 0.3 is 0 Å². The highest BCUT2D eigenvalue weighted by molar-refractivity contribution is 6.33. The van der Waals surface area contributed by atoms with Crippen LogP contribution in [0, 0.1) is 10.1 Å². The molecule has 35 heavy (non-hydrogen) atoms. The van der Waals surface area contributed by atoms with E-state index in [1.807, 2.05) is 57.2 Å². The van der Waals surface area contributed by atoms with Gasteiger partial charge in [0, 0.05) is 42.9 Å². The molecule has 0 aromatic heterocycles. The Morgan fingerprint density at radius 1 is 1.09 bits per heavy atom. The molecule has 0 atom stereocenters. The van der Waals surface area contributed by atoms with Crippen LogP contribution in [0.15, 0.2) is 54.6 Å². The normalized spacial score (nSPS) is 11.0. The van der Waals surface area contributed by atoms with Crippen molar-refractivity contribution >= 4 is 52.1 Å². The van der Waals surface area contributed by atoms with Crippen LogP contribution >= 0.6 is 24.0 Å². The van der Waals surface area contributed by atoms with Crippen LogP contribution in [0.2, 0.25) is 5.02 Å². The summed E-state index contributed by atoms with van der Waals surface area (Å²) in [5.41, 5.74) is 1.23. The van der Waals surface area contributed by atoms with Gasteiger partial charge in [0.05, 0.1) is 15.6 Å². The lowest BCUT2D eigenvalue weighted by atomic mass is 10.0. The zero-order valence-electron chi connectivity index (χ0n) is 19.9. The van der Waals surface area contributed by atoms with Crippen LogP contribution in [-0.2, 0) is 11.3 Å². The van der Waals surface area contributed by atoms with Gasteiger partial charge in [0.15, 0.2) is 6.61 Å². The Labute approximate surface area is 215 Å². The summed E-state index contributed by atoms with van der Waals surface area (Å²) in [4.78, 5) is 22.6. The van der Waals surface area contributed by atoms with E-state index < -0.39 is 4.92 Å². The van der Waals surface area contributed by atoms with Gasteiger partial charge in [-0.2, -0.15) is 0 Å². The highest BCUT2D eigenvalue weighted by Gasteiger charge is 2.16. The van der Waals surface area contributed by atoms with Crippen LogP contribution in [-0.4, -0.2) is 36.1 Å². The number of carbonyl (C=O) groups excluding carboxylic acids is 1. The van der Waals surface area contributed by atoms with Crippen molar-refractivity contribution in [1.82, 2.24) is 10.6 Å². The van der Waals surface area contributed by atoms with Crippen molar-refractivity contribution in [2.45, 2.75) is 32.9 Å². The summed E-state index contributed by atoms with van der Waals surface area (Å²) in [7, 11) is 0. The topological polar surface area (TPSA) is 106 Å². The predicted octanol–water partition coefficient (Wildman–Crippen LogP) is 5.32. The lowest BCUT2D eigenvalue weighted by Crippen LogP contribution is -2.43. The SMILES string of the molecule is CC(C)(C)NC(=O)COc1ccc2ccccc2c1CNCCNc1ccc([N+](=O)[O-])cc1Cl.Cl. The second-order valence-corrected chi connectivity index (χ2v) is 9.28. The average molecular weight is 521 g/mol. The minimum absolute atomic E-state index is 0. The van der Waals surface area contributed by atoms with Crippen molar-refractivity contribution in [2.75, 3.05) is 25.0 Å². The molecule has 0 radical (unpaired) electrons. The van der Waals surface area contributed by atoms with E-state index in [2.05, 4.69) is 16.0 Å². The molecule has 0 fully saturated rings. The number of ether oxygens (including phenoxy) is 1. The van der Waals surface area contributed by atoms with E-state index in [1.54, 1.807) is 6.07 Å². The Balaban J connectivity index is 0.00000432. The van der Waals surface area contributed by atoms with Crippen molar-refractivity contribution in [1.29, 1.82) is 0 Å². The van der Waals surface area contributed by atoms with Crippen molar-refractivity contribution < 1.29 is 14.5 Å². The average Bonchev–Trinajstić information content (AvgIpc) is 2.77. The summed E-state index contributed by atoms with van der Waals surface area (Å²) < 4.78 is 5.89. The fourth-order valence-corrected chi connectivity index (χ4v) is 3.73. The van der Waals surface area contributed by atoms with Gasteiger partial charge in [0.25, 0.3) is 11.6 Å². The molecule has 188 valence electrons. The quantitative estimate of drug-likeness (QED) is 0.190. The Bertz CT molecular complexity index is 1180. The first-order valence-electron chi connectivity index (χ1n) is 11.0. The Kier molecular flexibility index (Phi) is 10.1. The van der Waals surface area contributed by atoms with Gasteiger partial charge in [-0.25, -0.2) is 0 Å². The number of nitro benzene ring substituents is 1. The number of hydrogen-bond acceptors (Lipinski definition) is 6. The highest BCUT2D eigenvalue weighted by Crippen LogP contribution is 2.28. The first-order valence-corrected chi connectivity index (χ1v) is 11.3. The minimum Gasteiger partial charge on any atom is -0.483 e. The second-order valence-electron chi connectivity index (χ2n) is 8.88. The van der Waals surface area contributed by atoms with Crippen molar-refractivity contribution in [3.8, 4) is 5.75 Å². The first kappa shape index (κ1) is 28.2. The Hall–Kier alpha value is -3.07. The van der Waals surface area contributed by atoms with Crippen LogP contribution < -0.4 is 20.7 Å². The molecule has 10 heteroatoms. The molecule has 0 saturated heterocycles. The number of non-ortho nitro benzene ring substituents is 1. The molecule has 3 aromatic rings. The summed E-state index contributed by atoms with van der Waals surface area (Å²) in [6, 6.07) is 16.2. The van der Waals surface area contributed by atoms with Gasteiger partial charge in [0.2, 0.25) is 0 Å². The summed E-state index contributed by atoms with van der Waals surface area (Å²) >= 11 is 6.13. The fraction of sp³-hybridized carbons (Fsp3) is 0.320. The summed E-state index contributed by atoms with van der Waals surface area (Å²) in [5.74, 6) is 0.477. The third kappa shape index (κ3) is 8.28. The molecule has 0 bridgehead atoms. The number of nitrogens with zero attached hydrogens (tertiary/aromatic N) is 1. The van der Waals surface area contributed by atoms with Crippen LogP contribution in [0.3, 0.4) is 0 Å². The van der Waals surface area contributed by atoms with Crippen LogP contribution in [0.1, 0.15) is 26.3 Å². The summed E-state index contributed by atoms with van der Waals surface area (Å²) in [5, 5.41) is 22.7. The Morgan fingerprint density at radius 2 is 1.83 bits per heavy atom. The van der Waals surface area contributed by atoms with E-state index in [-0.39, 0.29) is 36.1 Å². The number of rotatable bonds is 10. The zero-order valence-corrected chi connectivity index (χ0v) is 21.5. The lowest BCUT2D eigenvalue weighted by Gasteiger charge is -2.21. The third-order valence-corrected chi connectivity index (χ3v) is 5.27. The molecule has 0 aliphatic rings. The van der Waals surface area contributed by atoms with Crippen LogP contribution in [0.4, 0.5) is 11.4 Å². The smallest absolute Gasteiger partial charge is 0.271 e. The molecule has 0 spiro atoms. The molecule has 0 heterocycles. The number of benzene rings is 3. The van der Waals surface area contributed by atoms with Gasteiger partial charge in [0.1, 0.15) is 5.75 Å². The minimum atomic E-state index is -0.478. The Morgan fingerprint density at radius 3 is 2.51 bits per heavy atom. The number of carbonyl (C=O) groups is 1. The molecule has 3 rings (SSSR count). The van der Waals surface area contributed by atoms with E-state index >= 15 is 0 Å². The monoisotopic (exact) mass is 520 g/mol. The van der Waals surface area contributed by atoms with Crippen molar-refractivity contribution in [3.63, 3.8) is 0 Å². The van der Waals surface area contributed by atoms with Gasteiger partial charge in [-0.1, -0.05) is 41.9 Å². The molecule has 0 aliphatic heterocycles. The molecule has 3 aromatic carbocycles. The molecule has 1 amide bonds. The second kappa shape index (κ2) is 12.6.